The van der Waals surface area contributed by atoms with Crippen LogP contribution in [-0.2, 0) is 4.79 Å². The molecule has 106 valence electrons. The topological polar surface area (TPSA) is 64.1 Å². The van der Waals surface area contributed by atoms with E-state index in [4.69, 9.17) is 4.74 Å². The van der Waals surface area contributed by atoms with Gasteiger partial charge in [0.1, 0.15) is 0 Å². The maximum Gasteiger partial charge on any atom is 0.223 e. The highest BCUT2D eigenvalue weighted by molar-refractivity contribution is 9.10. The van der Waals surface area contributed by atoms with E-state index in [1.807, 2.05) is 0 Å². The van der Waals surface area contributed by atoms with E-state index in [1.54, 1.807) is 13.0 Å². The van der Waals surface area contributed by atoms with Gasteiger partial charge in [0, 0.05) is 22.9 Å². The Morgan fingerprint density at radius 2 is 2.30 bits per heavy atom. The number of carbonyl (C=O) groups excluding carboxylic acids is 1. The molecule has 2 rings (SSSR count). The maximum absolute atomic E-state index is 13.7. The highest BCUT2D eigenvalue weighted by Crippen LogP contribution is 2.26. The number of halogens is 2. The largest absolute Gasteiger partial charge is 0.480 e. The summed E-state index contributed by atoms with van der Waals surface area (Å²) in [5.41, 5.74) is 0. The lowest BCUT2D eigenvalue weighted by molar-refractivity contribution is -0.114. The molecule has 0 aliphatic carbocycles. The number of hydrogen-bond donors (Lipinski definition) is 1. The zero-order valence-electron chi connectivity index (χ0n) is 10.7. The number of hydrogen-bond acceptors (Lipinski definition) is 5. The van der Waals surface area contributed by atoms with Crippen molar-refractivity contribution in [2.45, 2.75) is 20.0 Å². The van der Waals surface area contributed by atoms with E-state index in [0.29, 0.717) is 15.4 Å². The van der Waals surface area contributed by atoms with Crippen LogP contribution in [0.5, 0.6) is 5.75 Å². The highest BCUT2D eigenvalue weighted by Gasteiger charge is 2.16. The van der Waals surface area contributed by atoms with Gasteiger partial charge in [-0.15, -0.1) is 0 Å². The molecule has 20 heavy (non-hydrogen) atoms. The molecule has 1 aromatic carbocycles. The SMILES string of the molecule is CC(=O)Nc1nc(C(C)Oc2ccc(Br)cc2F)ns1. The van der Waals surface area contributed by atoms with Crippen LogP contribution in [0.4, 0.5) is 9.52 Å². The van der Waals surface area contributed by atoms with Crippen molar-refractivity contribution in [1.29, 1.82) is 0 Å². The Balaban J connectivity index is 2.09. The Morgan fingerprint density at radius 3 is 2.95 bits per heavy atom. The average Bonchev–Trinajstić information content (AvgIpc) is 2.80. The summed E-state index contributed by atoms with van der Waals surface area (Å²) in [5.74, 6) is -0.179. The summed E-state index contributed by atoms with van der Waals surface area (Å²) in [6, 6.07) is 4.53. The number of benzene rings is 1. The van der Waals surface area contributed by atoms with Gasteiger partial charge in [-0.2, -0.15) is 9.36 Å². The van der Waals surface area contributed by atoms with E-state index in [1.165, 1.54) is 19.1 Å². The number of rotatable bonds is 4. The summed E-state index contributed by atoms with van der Waals surface area (Å²) >= 11 is 4.22. The number of amides is 1. The molecule has 5 nitrogen and oxygen atoms in total. The lowest BCUT2D eigenvalue weighted by Crippen LogP contribution is -2.08. The molecule has 0 aliphatic heterocycles. The lowest BCUT2D eigenvalue weighted by atomic mass is 10.3. The normalized spacial score (nSPS) is 12.0. The predicted molar refractivity (Wildman–Crippen MR) is 77.4 cm³/mol. The second-order valence-electron chi connectivity index (χ2n) is 3.97. The zero-order chi connectivity index (χ0) is 14.7. The molecule has 1 atom stereocenters. The number of ether oxygens (including phenoxy) is 1. The van der Waals surface area contributed by atoms with Crippen molar-refractivity contribution >= 4 is 38.5 Å². The first-order chi connectivity index (χ1) is 9.45. The van der Waals surface area contributed by atoms with Crippen LogP contribution in [-0.4, -0.2) is 15.3 Å². The summed E-state index contributed by atoms with van der Waals surface area (Å²) in [6.07, 6.45) is -0.524. The molecule has 1 N–H and O–H groups in total. The molecule has 1 aromatic heterocycles. The van der Waals surface area contributed by atoms with Crippen LogP contribution in [0.3, 0.4) is 0 Å². The zero-order valence-corrected chi connectivity index (χ0v) is 13.1. The average molecular weight is 360 g/mol. The highest BCUT2D eigenvalue weighted by atomic mass is 79.9. The fraction of sp³-hybridized carbons (Fsp3) is 0.250. The molecule has 2 aromatic rings. The van der Waals surface area contributed by atoms with E-state index in [9.17, 15) is 9.18 Å². The van der Waals surface area contributed by atoms with E-state index in [2.05, 4.69) is 30.6 Å². The van der Waals surface area contributed by atoms with Crippen molar-refractivity contribution in [1.82, 2.24) is 9.36 Å². The number of carbonyl (C=O) groups is 1. The van der Waals surface area contributed by atoms with Gasteiger partial charge < -0.3 is 10.1 Å². The minimum atomic E-state index is -0.524. The van der Waals surface area contributed by atoms with Crippen LogP contribution in [0, 0.1) is 5.82 Å². The van der Waals surface area contributed by atoms with Crippen molar-refractivity contribution in [3.63, 3.8) is 0 Å². The molecule has 0 radical (unpaired) electrons. The molecule has 1 amide bonds. The molecule has 0 aliphatic rings. The van der Waals surface area contributed by atoms with Gasteiger partial charge in [-0.25, -0.2) is 4.39 Å². The third-order valence-electron chi connectivity index (χ3n) is 2.29. The summed E-state index contributed by atoms with van der Waals surface area (Å²) in [4.78, 5) is 15.0. The summed E-state index contributed by atoms with van der Waals surface area (Å²) in [7, 11) is 0. The van der Waals surface area contributed by atoms with Crippen LogP contribution >= 0.6 is 27.5 Å². The minimum absolute atomic E-state index is 0.122. The first-order valence-electron chi connectivity index (χ1n) is 5.68. The van der Waals surface area contributed by atoms with Crippen LogP contribution < -0.4 is 10.1 Å². The van der Waals surface area contributed by atoms with Crippen molar-refractivity contribution in [3.05, 3.63) is 34.3 Å². The van der Waals surface area contributed by atoms with Gasteiger partial charge in [-0.1, -0.05) is 15.9 Å². The van der Waals surface area contributed by atoms with Crippen LogP contribution in [0.1, 0.15) is 25.8 Å². The molecular formula is C12H11BrFN3O2S. The fourth-order valence-electron chi connectivity index (χ4n) is 1.42. The molecule has 0 fully saturated rings. The molecule has 0 spiro atoms. The molecule has 1 unspecified atom stereocenters. The molecule has 0 saturated heterocycles. The number of anilines is 1. The van der Waals surface area contributed by atoms with Crippen molar-refractivity contribution in [2.24, 2.45) is 0 Å². The Morgan fingerprint density at radius 1 is 1.55 bits per heavy atom. The monoisotopic (exact) mass is 359 g/mol. The summed E-state index contributed by atoms with van der Waals surface area (Å²) < 4.78 is 23.8. The van der Waals surface area contributed by atoms with Gasteiger partial charge in [0.2, 0.25) is 11.0 Å². The van der Waals surface area contributed by atoms with Crippen molar-refractivity contribution < 1.29 is 13.9 Å². The predicted octanol–water partition coefficient (Wildman–Crippen LogP) is 3.54. The molecule has 0 saturated carbocycles. The smallest absolute Gasteiger partial charge is 0.223 e. The van der Waals surface area contributed by atoms with Crippen LogP contribution in [0.25, 0.3) is 0 Å². The lowest BCUT2D eigenvalue weighted by Gasteiger charge is -2.12. The van der Waals surface area contributed by atoms with Gasteiger partial charge in [0.15, 0.2) is 23.5 Å². The first-order valence-corrected chi connectivity index (χ1v) is 7.25. The van der Waals surface area contributed by atoms with Crippen LogP contribution in [0.15, 0.2) is 22.7 Å². The van der Waals surface area contributed by atoms with E-state index in [0.717, 1.165) is 11.5 Å². The number of aromatic nitrogens is 2. The van der Waals surface area contributed by atoms with E-state index >= 15 is 0 Å². The Kier molecular flexibility index (Phi) is 4.66. The molecule has 1 heterocycles. The molecule has 0 bridgehead atoms. The quantitative estimate of drug-likeness (QED) is 0.906. The molecule has 8 heteroatoms. The van der Waals surface area contributed by atoms with Crippen molar-refractivity contribution in [3.8, 4) is 5.75 Å². The van der Waals surface area contributed by atoms with Gasteiger partial charge in [-0.3, -0.25) is 4.79 Å². The third-order valence-corrected chi connectivity index (χ3v) is 3.42. The van der Waals surface area contributed by atoms with Crippen LogP contribution in [0.2, 0.25) is 0 Å². The molecular weight excluding hydrogens is 349 g/mol. The minimum Gasteiger partial charge on any atom is -0.480 e. The van der Waals surface area contributed by atoms with Gasteiger partial charge in [0.25, 0.3) is 0 Å². The van der Waals surface area contributed by atoms with E-state index in [-0.39, 0.29) is 11.7 Å². The maximum atomic E-state index is 13.7. The number of nitrogens with one attached hydrogen (secondary N) is 1. The van der Waals surface area contributed by atoms with Crippen molar-refractivity contribution in [2.75, 3.05) is 5.32 Å². The van der Waals surface area contributed by atoms with E-state index < -0.39 is 11.9 Å². The van der Waals surface area contributed by atoms with Gasteiger partial charge >= 0.3 is 0 Å². The number of nitrogens with zero attached hydrogens (tertiary/aromatic N) is 2. The second kappa shape index (κ2) is 6.27. The Bertz CT molecular complexity index is 635. The van der Waals surface area contributed by atoms with Gasteiger partial charge in [-0.05, 0) is 25.1 Å². The fourth-order valence-corrected chi connectivity index (χ4v) is 2.44. The third kappa shape index (κ3) is 3.73. The second-order valence-corrected chi connectivity index (χ2v) is 5.64. The summed E-state index contributed by atoms with van der Waals surface area (Å²) in [5, 5.41) is 2.92. The standard InChI is InChI=1S/C12H11BrFN3O2S/c1-6(11-16-12(20-17-11)15-7(2)18)19-10-4-3-8(13)5-9(10)14/h3-6H,1-2H3,(H,15,16,17,18). The van der Waals surface area contributed by atoms with Gasteiger partial charge in [0.05, 0.1) is 0 Å². The Hall–Kier alpha value is -1.54. The Labute approximate surface area is 127 Å². The first kappa shape index (κ1) is 14.9. The summed E-state index contributed by atoms with van der Waals surface area (Å²) in [6.45, 7) is 3.10.